The number of nitrogens with one attached hydrogen (secondary N) is 2. The highest BCUT2D eigenvalue weighted by atomic mass is 79.9. The molecule has 0 radical (unpaired) electrons. The molecule has 230 valence electrons. The number of hydrogen-bond acceptors (Lipinski definition) is 6. The Morgan fingerprint density at radius 3 is 1.84 bits per heavy atom. The Labute approximate surface area is 267 Å². The Bertz CT molecular complexity index is 1450. The molecule has 2 N–H and O–H groups in total. The van der Waals surface area contributed by atoms with Crippen molar-refractivity contribution in [2.45, 2.75) is 19.4 Å². The fourth-order valence-electron chi connectivity index (χ4n) is 4.38. The summed E-state index contributed by atoms with van der Waals surface area (Å²) in [4.78, 5) is 35.0. The third kappa shape index (κ3) is 10.2. The predicted octanol–water partition coefficient (Wildman–Crippen LogP) is 6.36. The number of methoxy groups -OCH3 is 2. The van der Waals surface area contributed by atoms with Crippen LogP contribution in [0.1, 0.15) is 18.4 Å². The molecule has 1 aliphatic rings. The number of hydrogen-bond donors (Lipinski definition) is 2. The largest absolute Gasteiger partial charge is 0.497 e. The molecule has 0 atom stereocenters. The number of alkyl halides is 1. The van der Waals surface area contributed by atoms with Gasteiger partial charge in [-0.3, -0.25) is 9.59 Å². The second-order valence-electron chi connectivity index (χ2n) is 9.76. The number of ether oxygens (including phenoxy) is 2. The van der Waals surface area contributed by atoms with Gasteiger partial charge in [0.05, 0.1) is 27.4 Å². The Hall–Kier alpha value is -4.74. The van der Waals surface area contributed by atoms with Gasteiger partial charge >= 0.3 is 11.8 Å². The quantitative estimate of drug-likeness (QED) is 0.0959. The number of piperazine rings is 1. The molecule has 2 amide bonds. The molecule has 11 heteroatoms. The first-order valence-electron chi connectivity index (χ1n) is 14.2. The minimum Gasteiger partial charge on any atom is -0.497 e. The number of nitrogens with zero attached hydrogens (tertiary/aromatic N) is 4. The first-order chi connectivity index (χ1) is 21.4. The van der Waals surface area contributed by atoms with E-state index in [4.69, 9.17) is 22.6 Å². The van der Waals surface area contributed by atoms with Gasteiger partial charge in [0, 0.05) is 67.6 Å². The zero-order chi connectivity index (χ0) is 31.7. The third-order valence-electron chi connectivity index (χ3n) is 6.82. The van der Waals surface area contributed by atoms with Crippen molar-refractivity contribution < 1.29 is 19.1 Å². The minimum atomic E-state index is -0.494. The van der Waals surface area contributed by atoms with Crippen LogP contribution in [-0.4, -0.2) is 73.9 Å². The van der Waals surface area contributed by atoms with E-state index in [1.54, 1.807) is 42.2 Å². The topological polar surface area (TPSA) is 91.9 Å². The maximum Gasteiger partial charge on any atom is 0.312 e. The van der Waals surface area contributed by atoms with Crippen LogP contribution >= 0.6 is 15.9 Å². The number of rotatable bonds is 13. The monoisotopic (exact) mass is 660 g/mol. The molecule has 0 bridgehead atoms. The lowest BCUT2D eigenvalue weighted by Crippen LogP contribution is -2.54. The van der Waals surface area contributed by atoms with Crippen LogP contribution in [0.25, 0.3) is 9.69 Å². The van der Waals surface area contributed by atoms with E-state index in [-0.39, 0.29) is 0 Å². The summed E-state index contributed by atoms with van der Waals surface area (Å²) in [5.41, 5.74) is 4.11. The highest BCUT2D eigenvalue weighted by Crippen LogP contribution is 2.26. The first kappa shape index (κ1) is 33.8. The molecule has 1 saturated heterocycles. The lowest BCUT2D eigenvalue weighted by atomic mass is 10.1. The van der Waals surface area contributed by atoms with Gasteiger partial charge < -0.3 is 29.9 Å². The van der Waals surface area contributed by atoms with Gasteiger partial charge in [0.25, 0.3) is 0 Å². The van der Waals surface area contributed by atoms with Gasteiger partial charge in [-0.25, -0.2) is 9.69 Å². The van der Waals surface area contributed by atoms with E-state index < -0.39 is 11.8 Å². The van der Waals surface area contributed by atoms with Gasteiger partial charge in [-0.05, 0) is 49.2 Å². The Balaban J connectivity index is 0.000000340. The normalized spacial score (nSPS) is 12.4. The van der Waals surface area contributed by atoms with E-state index in [1.807, 2.05) is 48.5 Å². The van der Waals surface area contributed by atoms with Crippen LogP contribution in [0, 0.1) is 13.1 Å². The summed E-state index contributed by atoms with van der Waals surface area (Å²) in [7, 11) is 3.15. The second-order valence-corrected chi connectivity index (χ2v) is 10.6. The molecule has 4 rings (SSSR count). The maximum atomic E-state index is 12.6. The molecular formula is C33H37BrN6O4. The number of amides is 2. The lowest BCUT2D eigenvalue weighted by Gasteiger charge is -2.34. The van der Waals surface area contributed by atoms with Crippen molar-refractivity contribution in [1.29, 1.82) is 0 Å². The number of carbonyl (C=O) groups excluding carboxylic acids is 2. The standard InChI is InChI=1S/C23H26N4O4.C10H11BrN2/c1-24-18-6-8-19(9-7-18)25-11-4-12-26-13-14-27(23(29)22(26)28)16-17-5-10-20(30-2)15-21(17)31-3;1-12-9-3-5-10(6-4-9)13-8-2-7-11/h5-10,15,25H,4,11-14,16H2,2-3H3;3-6,13H,2,7-8H2. The summed E-state index contributed by atoms with van der Waals surface area (Å²) in [5, 5.41) is 7.54. The van der Waals surface area contributed by atoms with Crippen molar-refractivity contribution in [2.24, 2.45) is 0 Å². The van der Waals surface area contributed by atoms with Crippen molar-refractivity contribution in [2.75, 3.05) is 62.9 Å². The van der Waals surface area contributed by atoms with E-state index in [0.29, 0.717) is 55.6 Å². The molecule has 0 spiro atoms. The van der Waals surface area contributed by atoms with Gasteiger partial charge in [-0.2, -0.15) is 0 Å². The van der Waals surface area contributed by atoms with Gasteiger partial charge in [0.2, 0.25) is 0 Å². The highest BCUT2D eigenvalue weighted by molar-refractivity contribution is 9.09. The van der Waals surface area contributed by atoms with E-state index in [2.05, 4.69) is 36.3 Å². The smallest absolute Gasteiger partial charge is 0.312 e. The maximum absolute atomic E-state index is 12.6. The SMILES string of the molecule is [C-]#[N+]c1ccc(NCCCBr)cc1.[C-]#[N+]c1ccc(NCCCN2CCN(Cc3ccc(OC)cc3OC)C(=O)C2=O)cc1. The third-order valence-corrected chi connectivity index (χ3v) is 7.38. The van der Waals surface area contributed by atoms with Crippen LogP contribution < -0.4 is 20.1 Å². The number of carbonyl (C=O) groups is 2. The van der Waals surface area contributed by atoms with Gasteiger partial charge in [0.15, 0.2) is 11.4 Å². The molecule has 3 aromatic rings. The summed E-state index contributed by atoms with van der Waals surface area (Å²) >= 11 is 3.37. The average Bonchev–Trinajstić information content (AvgIpc) is 3.07. The molecule has 1 fully saturated rings. The molecule has 44 heavy (non-hydrogen) atoms. The van der Waals surface area contributed by atoms with Crippen molar-refractivity contribution in [3.8, 4) is 11.5 Å². The van der Waals surface area contributed by atoms with Gasteiger partial charge in [-0.15, -0.1) is 0 Å². The molecular weight excluding hydrogens is 624 g/mol. The average molecular weight is 662 g/mol. The van der Waals surface area contributed by atoms with Crippen molar-refractivity contribution >= 4 is 50.5 Å². The predicted molar refractivity (Wildman–Crippen MR) is 177 cm³/mol. The van der Waals surface area contributed by atoms with Crippen LogP contribution in [0.3, 0.4) is 0 Å². The minimum absolute atomic E-state index is 0.313. The van der Waals surface area contributed by atoms with E-state index >= 15 is 0 Å². The summed E-state index contributed by atoms with van der Waals surface area (Å²) in [6.07, 6.45) is 1.82. The number of halogens is 1. The molecule has 0 aliphatic carbocycles. The van der Waals surface area contributed by atoms with Crippen molar-refractivity contribution in [3.63, 3.8) is 0 Å². The van der Waals surface area contributed by atoms with Gasteiger partial charge in [0.1, 0.15) is 11.5 Å². The Morgan fingerprint density at radius 2 is 1.32 bits per heavy atom. The molecule has 1 aliphatic heterocycles. The molecule has 10 nitrogen and oxygen atoms in total. The summed E-state index contributed by atoms with van der Waals surface area (Å²) in [6.45, 7) is 17.2. The van der Waals surface area contributed by atoms with Crippen LogP contribution in [0.2, 0.25) is 0 Å². The zero-order valence-corrected chi connectivity index (χ0v) is 26.6. The van der Waals surface area contributed by atoms with Gasteiger partial charge in [-0.1, -0.05) is 40.2 Å². The van der Waals surface area contributed by atoms with Crippen molar-refractivity contribution in [3.05, 3.63) is 95.1 Å². The van der Waals surface area contributed by atoms with Crippen LogP contribution in [0.4, 0.5) is 22.7 Å². The molecule has 0 saturated carbocycles. The number of benzene rings is 3. The lowest BCUT2D eigenvalue weighted by molar-refractivity contribution is -0.156. The fraction of sp³-hybridized carbons (Fsp3) is 0.333. The van der Waals surface area contributed by atoms with Crippen LogP contribution in [0.15, 0.2) is 66.7 Å². The molecule has 0 aromatic heterocycles. The Kier molecular flexibility index (Phi) is 13.8. The van der Waals surface area contributed by atoms with E-state index in [9.17, 15) is 9.59 Å². The summed E-state index contributed by atoms with van der Waals surface area (Å²) in [6, 6.07) is 20.2. The highest BCUT2D eigenvalue weighted by Gasteiger charge is 2.32. The van der Waals surface area contributed by atoms with Crippen LogP contribution in [0.5, 0.6) is 11.5 Å². The molecule has 3 aromatic carbocycles. The van der Waals surface area contributed by atoms with Crippen molar-refractivity contribution in [1.82, 2.24) is 9.80 Å². The van der Waals surface area contributed by atoms with E-state index in [0.717, 1.165) is 41.7 Å². The summed E-state index contributed by atoms with van der Waals surface area (Å²) < 4.78 is 10.6. The first-order valence-corrected chi connectivity index (χ1v) is 15.3. The molecule has 1 heterocycles. The zero-order valence-electron chi connectivity index (χ0n) is 25.0. The summed E-state index contributed by atoms with van der Waals surface area (Å²) in [5.74, 6) is 0.327. The fourth-order valence-corrected chi connectivity index (χ4v) is 4.66. The number of anilines is 2. The molecule has 0 unspecified atom stereocenters. The van der Waals surface area contributed by atoms with E-state index in [1.165, 1.54) is 0 Å². The van der Waals surface area contributed by atoms with Crippen LogP contribution in [-0.2, 0) is 16.1 Å². The Morgan fingerprint density at radius 1 is 0.773 bits per heavy atom. The second kappa shape index (κ2) is 18.0.